The van der Waals surface area contributed by atoms with Gasteiger partial charge in [0, 0.05) is 24.1 Å². The third kappa shape index (κ3) is 3.27. The molecule has 2 aliphatic rings. The SMILES string of the molecule is CCOC(=O)N1CC[C@@H]2[C@H]1CCC[C@@]2(N)C#Cc1cccc(C)c1. The van der Waals surface area contributed by atoms with Gasteiger partial charge in [0.05, 0.1) is 12.1 Å². The number of carbonyl (C=O) groups is 1. The zero-order chi connectivity index (χ0) is 17.2. The van der Waals surface area contributed by atoms with Crippen LogP contribution in [0.1, 0.15) is 43.7 Å². The predicted octanol–water partition coefficient (Wildman–Crippen LogP) is 3.07. The van der Waals surface area contributed by atoms with E-state index in [1.165, 1.54) is 5.56 Å². The van der Waals surface area contributed by atoms with Gasteiger partial charge in [0.15, 0.2) is 0 Å². The molecule has 0 radical (unpaired) electrons. The highest BCUT2D eigenvalue weighted by molar-refractivity contribution is 5.68. The van der Waals surface area contributed by atoms with Crippen LogP contribution in [0.4, 0.5) is 4.79 Å². The summed E-state index contributed by atoms with van der Waals surface area (Å²) in [4.78, 5) is 14.0. The van der Waals surface area contributed by atoms with Gasteiger partial charge in [-0.2, -0.15) is 0 Å². The minimum atomic E-state index is -0.520. The quantitative estimate of drug-likeness (QED) is 0.807. The highest BCUT2D eigenvalue weighted by Crippen LogP contribution is 2.41. The Hall–Kier alpha value is -1.99. The maximum absolute atomic E-state index is 12.2. The number of amides is 1. The van der Waals surface area contributed by atoms with Crippen LogP contribution in [0.5, 0.6) is 0 Å². The van der Waals surface area contributed by atoms with Crippen molar-refractivity contribution < 1.29 is 9.53 Å². The summed E-state index contributed by atoms with van der Waals surface area (Å²) in [6.07, 6.45) is 3.58. The summed E-state index contributed by atoms with van der Waals surface area (Å²) in [5.41, 5.74) is 8.39. The number of benzene rings is 1. The van der Waals surface area contributed by atoms with E-state index in [9.17, 15) is 4.79 Å². The van der Waals surface area contributed by atoms with E-state index in [1.807, 2.05) is 24.0 Å². The number of rotatable bonds is 1. The van der Waals surface area contributed by atoms with E-state index in [1.54, 1.807) is 0 Å². The van der Waals surface area contributed by atoms with Crippen molar-refractivity contribution in [1.82, 2.24) is 4.90 Å². The lowest BCUT2D eigenvalue weighted by Gasteiger charge is -2.40. The maximum atomic E-state index is 12.2. The molecule has 0 unspecified atom stereocenters. The molecule has 1 saturated carbocycles. The van der Waals surface area contributed by atoms with Crippen molar-refractivity contribution in [1.29, 1.82) is 0 Å². The van der Waals surface area contributed by atoms with Crippen molar-refractivity contribution in [3.8, 4) is 11.8 Å². The molecule has 1 heterocycles. The molecule has 1 aliphatic heterocycles. The van der Waals surface area contributed by atoms with Crippen LogP contribution in [-0.2, 0) is 4.74 Å². The first-order valence-corrected chi connectivity index (χ1v) is 8.85. The van der Waals surface area contributed by atoms with Gasteiger partial charge < -0.3 is 15.4 Å². The van der Waals surface area contributed by atoms with Crippen LogP contribution in [0.2, 0.25) is 0 Å². The number of likely N-dealkylation sites (tertiary alicyclic amines) is 1. The standard InChI is InChI=1S/C20H26N2O2/c1-3-24-19(23)22-13-10-17-18(22)8-5-11-20(17,21)12-9-16-7-4-6-15(2)14-16/h4,6-7,14,17-18H,3,5,8,10-11,13,21H2,1-2H3/t17-,18-,20-/m1/s1. The topological polar surface area (TPSA) is 55.6 Å². The fraction of sp³-hybridized carbons (Fsp3) is 0.550. The van der Waals surface area contributed by atoms with Crippen molar-refractivity contribution in [2.45, 2.75) is 51.1 Å². The van der Waals surface area contributed by atoms with Crippen molar-refractivity contribution >= 4 is 6.09 Å². The molecule has 0 aromatic heterocycles. The van der Waals surface area contributed by atoms with Gasteiger partial charge in [-0.15, -0.1) is 0 Å². The van der Waals surface area contributed by atoms with Crippen LogP contribution in [0.15, 0.2) is 24.3 Å². The largest absolute Gasteiger partial charge is 0.450 e. The molecular weight excluding hydrogens is 300 g/mol. The van der Waals surface area contributed by atoms with Gasteiger partial charge >= 0.3 is 6.09 Å². The van der Waals surface area contributed by atoms with Gasteiger partial charge in [-0.25, -0.2) is 4.79 Å². The fourth-order valence-electron chi connectivity index (χ4n) is 4.10. The van der Waals surface area contributed by atoms with Crippen LogP contribution in [0.25, 0.3) is 0 Å². The molecule has 3 rings (SSSR count). The number of hydrogen-bond donors (Lipinski definition) is 1. The average molecular weight is 326 g/mol. The molecule has 2 fully saturated rings. The number of aryl methyl sites for hydroxylation is 1. The first kappa shape index (κ1) is 16.9. The predicted molar refractivity (Wildman–Crippen MR) is 94.4 cm³/mol. The highest BCUT2D eigenvalue weighted by atomic mass is 16.6. The van der Waals surface area contributed by atoms with Gasteiger partial charge in [0.2, 0.25) is 0 Å². The Balaban J connectivity index is 1.80. The summed E-state index contributed by atoms with van der Waals surface area (Å²) >= 11 is 0. The van der Waals surface area contributed by atoms with Gasteiger partial charge in [-0.3, -0.25) is 0 Å². The van der Waals surface area contributed by atoms with Gasteiger partial charge in [-0.05, 0) is 57.2 Å². The Labute approximate surface area is 144 Å². The van der Waals surface area contributed by atoms with E-state index in [2.05, 4.69) is 30.9 Å². The zero-order valence-electron chi connectivity index (χ0n) is 14.5. The third-order valence-electron chi connectivity index (χ3n) is 5.26. The van der Waals surface area contributed by atoms with E-state index in [-0.39, 0.29) is 18.1 Å². The highest BCUT2D eigenvalue weighted by Gasteiger charge is 2.49. The number of carbonyl (C=O) groups excluding carboxylic acids is 1. The molecule has 0 bridgehead atoms. The van der Waals surface area contributed by atoms with Gasteiger partial charge in [0.25, 0.3) is 0 Å². The molecule has 128 valence electrons. The van der Waals surface area contributed by atoms with Crippen molar-refractivity contribution in [3.05, 3.63) is 35.4 Å². The lowest BCUT2D eigenvalue weighted by Crippen LogP contribution is -2.54. The monoisotopic (exact) mass is 326 g/mol. The summed E-state index contributed by atoms with van der Waals surface area (Å²) < 4.78 is 5.20. The van der Waals surface area contributed by atoms with Crippen molar-refractivity contribution in [3.63, 3.8) is 0 Å². The number of nitrogens with zero attached hydrogens (tertiary/aromatic N) is 1. The minimum absolute atomic E-state index is 0.162. The molecule has 1 aromatic rings. The minimum Gasteiger partial charge on any atom is -0.450 e. The third-order valence-corrected chi connectivity index (χ3v) is 5.26. The second kappa shape index (κ2) is 6.86. The molecule has 24 heavy (non-hydrogen) atoms. The summed E-state index contributed by atoms with van der Waals surface area (Å²) in [7, 11) is 0. The first-order chi connectivity index (χ1) is 11.5. The van der Waals surface area contributed by atoms with Crippen molar-refractivity contribution in [2.24, 2.45) is 11.7 Å². The Morgan fingerprint density at radius 3 is 3.04 bits per heavy atom. The molecular formula is C20H26N2O2. The molecule has 4 nitrogen and oxygen atoms in total. The molecule has 1 saturated heterocycles. The maximum Gasteiger partial charge on any atom is 0.410 e. The first-order valence-electron chi connectivity index (χ1n) is 8.85. The molecule has 1 aromatic carbocycles. The zero-order valence-corrected chi connectivity index (χ0v) is 14.5. The van der Waals surface area contributed by atoms with E-state index >= 15 is 0 Å². The van der Waals surface area contributed by atoms with E-state index in [0.717, 1.165) is 37.8 Å². The van der Waals surface area contributed by atoms with Crippen LogP contribution >= 0.6 is 0 Å². The normalized spacial score (nSPS) is 28.7. The van der Waals surface area contributed by atoms with E-state index in [0.29, 0.717) is 6.61 Å². The van der Waals surface area contributed by atoms with Crippen LogP contribution in [0, 0.1) is 24.7 Å². The molecule has 4 heteroatoms. The summed E-state index contributed by atoms with van der Waals surface area (Å²) in [6, 6.07) is 8.34. The second-order valence-corrected chi connectivity index (χ2v) is 6.91. The molecule has 1 amide bonds. The average Bonchev–Trinajstić information content (AvgIpc) is 2.99. The molecule has 3 atom stereocenters. The van der Waals surface area contributed by atoms with Crippen LogP contribution in [-0.4, -0.2) is 35.7 Å². The van der Waals surface area contributed by atoms with E-state index in [4.69, 9.17) is 10.5 Å². The van der Waals surface area contributed by atoms with Crippen LogP contribution in [0.3, 0.4) is 0 Å². The smallest absolute Gasteiger partial charge is 0.410 e. The Bertz CT molecular complexity index is 676. The second-order valence-electron chi connectivity index (χ2n) is 6.91. The molecule has 1 aliphatic carbocycles. The number of ether oxygens (including phenoxy) is 1. The van der Waals surface area contributed by atoms with Gasteiger partial charge in [0.1, 0.15) is 0 Å². The summed E-state index contributed by atoms with van der Waals surface area (Å²) in [6.45, 7) is 5.04. The number of hydrogen-bond acceptors (Lipinski definition) is 3. The summed E-state index contributed by atoms with van der Waals surface area (Å²) in [5.74, 6) is 6.85. The van der Waals surface area contributed by atoms with Crippen molar-refractivity contribution in [2.75, 3.05) is 13.2 Å². The fourth-order valence-corrected chi connectivity index (χ4v) is 4.10. The molecule has 0 spiro atoms. The van der Waals surface area contributed by atoms with Gasteiger partial charge in [-0.1, -0.05) is 24.0 Å². The lowest BCUT2D eigenvalue weighted by atomic mass is 9.71. The Morgan fingerprint density at radius 1 is 1.46 bits per heavy atom. The van der Waals surface area contributed by atoms with E-state index < -0.39 is 5.54 Å². The lowest BCUT2D eigenvalue weighted by molar-refractivity contribution is 0.0843. The number of nitrogens with two attached hydrogens (primary N) is 1. The molecule has 2 N–H and O–H groups in total. The Morgan fingerprint density at radius 2 is 2.29 bits per heavy atom. The Kier molecular flexibility index (Phi) is 4.82. The number of fused-ring (bicyclic) bond motifs is 1. The summed E-state index contributed by atoms with van der Waals surface area (Å²) in [5, 5.41) is 0. The van der Waals surface area contributed by atoms with Crippen LogP contribution < -0.4 is 5.73 Å².